The summed E-state index contributed by atoms with van der Waals surface area (Å²) in [4.78, 5) is 15.1. The molecule has 0 aromatic heterocycles. The first-order valence-electron chi connectivity index (χ1n) is 8.20. The number of rotatable bonds is 0. The van der Waals surface area contributed by atoms with Crippen LogP contribution in [0, 0.1) is 17.8 Å². The molecular formula is C16H25NO3. The predicted molar refractivity (Wildman–Crippen MR) is 74.1 cm³/mol. The molecule has 6 unspecified atom stereocenters. The molecule has 2 heterocycles. The molecule has 2 saturated carbocycles. The van der Waals surface area contributed by atoms with Crippen LogP contribution in [-0.4, -0.2) is 51.2 Å². The summed E-state index contributed by atoms with van der Waals surface area (Å²) < 4.78 is 0. The van der Waals surface area contributed by atoms with Gasteiger partial charge in [0.05, 0.1) is 11.1 Å². The fourth-order valence-electron chi connectivity index (χ4n) is 6.16. The quantitative estimate of drug-likeness (QED) is 0.693. The normalized spacial score (nSPS) is 55.5. The summed E-state index contributed by atoms with van der Waals surface area (Å²) in [5.74, 6) is 0.0776. The molecule has 2 bridgehead atoms. The van der Waals surface area contributed by atoms with Gasteiger partial charge in [0.1, 0.15) is 6.10 Å². The lowest BCUT2D eigenvalue weighted by atomic mass is 9.45. The van der Waals surface area contributed by atoms with E-state index in [0.29, 0.717) is 5.92 Å². The van der Waals surface area contributed by atoms with Gasteiger partial charge in [-0.15, -0.1) is 0 Å². The molecule has 4 heteroatoms. The Morgan fingerprint density at radius 1 is 1.30 bits per heavy atom. The van der Waals surface area contributed by atoms with Gasteiger partial charge in [0, 0.05) is 11.8 Å². The largest absolute Gasteiger partial charge is 0.388 e. The van der Waals surface area contributed by atoms with Crippen LogP contribution in [0.25, 0.3) is 0 Å². The summed E-state index contributed by atoms with van der Waals surface area (Å²) in [5, 5.41) is 22.0. The molecule has 2 aliphatic heterocycles. The molecular weight excluding hydrogens is 254 g/mol. The molecule has 4 rings (SSSR count). The molecule has 1 spiro atoms. The molecule has 4 nitrogen and oxygen atoms in total. The Labute approximate surface area is 120 Å². The summed E-state index contributed by atoms with van der Waals surface area (Å²) in [6.45, 7) is 4.21. The van der Waals surface area contributed by atoms with Gasteiger partial charge in [-0.05, 0) is 57.5 Å². The number of ketones is 1. The third kappa shape index (κ3) is 1.31. The van der Waals surface area contributed by atoms with Gasteiger partial charge in [0.2, 0.25) is 0 Å². The summed E-state index contributed by atoms with van der Waals surface area (Å²) in [6, 6.07) is 0. The van der Waals surface area contributed by atoms with Crippen molar-refractivity contribution in [1.82, 2.24) is 4.90 Å². The summed E-state index contributed by atoms with van der Waals surface area (Å²) in [5.41, 5.74) is -1.22. The SMILES string of the molecule is CC1CC2C(O)C(=O)C3CCCN4CCCC2(O)C34C1. The second-order valence-electron chi connectivity index (χ2n) is 7.63. The van der Waals surface area contributed by atoms with E-state index in [0.717, 1.165) is 51.6 Å². The lowest BCUT2D eigenvalue weighted by Gasteiger charge is -2.70. The first-order chi connectivity index (χ1) is 9.50. The Morgan fingerprint density at radius 3 is 2.85 bits per heavy atom. The molecule has 0 aromatic carbocycles. The Bertz CT molecular complexity index is 451. The molecule has 4 aliphatic rings. The van der Waals surface area contributed by atoms with Crippen molar-refractivity contribution in [2.24, 2.45) is 17.8 Å². The van der Waals surface area contributed by atoms with Crippen LogP contribution < -0.4 is 0 Å². The van der Waals surface area contributed by atoms with E-state index < -0.39 is 11.7 Å². The smallest absolute Gasteiger partial charge is 0.166 e. The number of Topliss-reactive ketones (excluding diaryl/α,β-unsaturated/α-hetero) is 1. The molecule has 0 aromatic rings. The van der Waals surface area contributed by atoms with Crippen LogP contribution in [0.5, 0.6) is 0 Å². The Kier molecular flexibility index (Phi) is 2.68. The zero-order chi connectivity index (χ0) is 14.1. The number of piperidine rings is 2. The van der Waals surface area contributed by atoms with Gasteiger partial charge in [-0.2, -0.15) is 0 Å². The lowest BCUT2D eigenvalue weighted by Crippen LogP contribution is -2.82. The fraction of sp³-hybridized carbons (Fsp3) is 0.938. The van der Waals surface area contributed by atoms with E-state index >= 15 is 0 Å². The number of aliphatic hydroxyl groups excluding tert-OH is 1. The highest BCUT2D eigenvalue weighted by Crippen LogP contribution is 2.61. The maximum Gasteiger partial charge on any atom is 0.166 e. The number of nitrogens with zero attached hydrogens (tertiary/aromatic N) is 1. The minimum absolute atomic E-state index is 0.0122. The second-order valence-corrected chi connectivity index (χ2v) is 7.63. The monoisotopic (exact) mass is 279 g/mol. The molecule has 2 aliphatic carbocycles. The van der Waals surface area contributed by atoms with Crippen LogP contribution in [0.15, 0.2) is 0 Å². The molecule has 112 valence electrons. The van der Waals surface area contributed by atoms with E-state index in [2.05, 4.69) is 11.8 Å². The molecule has 4 fully saturated rings. The molecule has 0 radical (unpaired) electrons. The van der Waals surface area contributed by atoms with Crippen molar-refractivity contribution in [3.63, 3.8) is 0 Å². The van der Waals surface area contributed by atoms with Gasteiger partial charge < -0.3 is 10.2 Å². The van der Waals surface area contributed by atoms with Crippen LogP contribution in [0.2, 0.25) is 0 Å². The standard InChI is InChI=1S/C16H25NO3/c1-10-8-12-14(19)13(18)11-4-2-6-17-7-3-5-16(12,20)15(11,17)9-10/h10-12,14,19-20H,2-9H2,1H3. The Hall–Kier alpha value is -0.450. The zero-order valence-corrected chi connectivity index (χ0v) is 12.2. The van der Waals surface area contributed by atoms with Crippen LogP contribution in [0.4, 0.5) is 0 Å². The first-order valence-corrected chi connectivity index (χ1v) is 8.20. The third-order valence-corrected chi connectivity index (χ3v) is 6.74. The van der Waals surface area contributed by atoms with E-state index in [-0.39, 0.29) is 23.2 Å². The lowest BCUT2D eigenvalue weighted by molar-refractivity contribution is -0.267. The van der Waals surface area contributed by atoms with Gasteiger partial charge in [0.15, 0.2) is 5.78 Å². The second kappa shape index (κ2) is 4.05. The minimum Gasteiger partial charge on any atom is -0.388 e. The highest BCUT2D eigenvalue weighted by atomic mass is 16.3. The Morgan fingerprint density at radius 2 is 2.05 bits per heavy atom. The average molecular weight is 279 g/mol. The van der Waals surface area contributed by atoms with Crippen molar-refractivity contribution in [1.29, 1.82) is 0 Å². The molecule has 20 heavy (non-hydrogen) atoms. The van der Waals surface area contributed by atoms with E-state index in [9.17, 15) is 15.0 Å². The number of hydrogen-bond acceptors (Lipinski definition) is 4. The maximum absolute atomic E-state index is 12.7. The maximum atomic E-state index is 12.7. The summed E-state index contributed by atoms with van der Waals surface area (Å²) in [6.07, 6.45) is 4.35. The number of hydrogen-bond donors (Lipinski definition) is 2. The van der Waals surface area contributed by atoms with E-state index in [1.165, 1.54) is 0 Å². The van der Waals surface area contributed by atoms with Crippen molar-refractivity contribution >= 4 is 5.78 Å². The molecule has 6 atom stereocenters. The van der Waals surface area contributed by atoms with E-state index in [1.54, 1.807) is 0 Å². The predicted octanol–water partition coefficient (Wildman–Crippen LogP) is 0.952. The third-order valence-electron chi connectivity index (χ3n) is 6.74. The molecule has 2 saturated heterocycles. The van der Waals surface area contributed by atoms with E-state index in [1.807, 2.05) is 0 Å². The minimum atomic E-state index is -0.945. The van der Waals surface area contributed by atoms with Gasteiger partial charge in [-0.25, -0.2) is 0 Å². The summed E-state index contributed by atoms with van der Waals surface area (Å²) >= 11 is 0. The van der Waals surface area contributed by atoms with Crippen LogP contribution in [0.1, 0.15) is 45.4 Å². The van der Waals surface area contributed by atoms with Crippen LogP contribution in [-0.2, 0) is 4.79 Å². The number of carbonyl (C=O) groups is 1. The van der Waals surface area contributed by atoms with Gasteiger partial charge in [0.25, 0.3) is 0 Å². The fourth-order valence-corrected chi connectivity index (χ4v) is 6.16. The highest BCUT2D eigenvalue weighted by molar-refractivity contribution is 5.89. The van der Waals surface area contributed by atoms with Crippen molar-refractivity contribution in [3.8, 4) is 0 Å². The van der Waals surface area contributed by atoms with Crippen molar-refractivity contribution < 1.29 is 15.0 Å². The Balaban J connectivity index is 1.91. The van der Waals surface area contributed by atoms with E-state index in [4.69, 9.17) is 0 Å². The van der Waals surface area contributed by atoms with Gasteiger partial charge >= 0.3 is 0 Å². The van der Waals surface area contributed by atoms with Gasteiger partial charge in [-0.1, -0.05) is 6.92 Å². The number of carbonyl (C=O) groups excluding carboxylic acids is 1. The van der Waals surface area contributed by atoms with Crippen molar-refractivity contribution in [2.75, 3.05) is 13.1 Å². The number of aliphatic hydroxyl groups is 2. The van der Waals surface area contributed by atoms with Crippen LogP contribution in [0.3, 0.4) is 0 Å². The van der Waals surface area contributed by atoms with Crippen molar-refractivity contribution in [3.05, 3.63) is 0 Å². The highest BCUT2D eigenvalue weighted by Gasteiger charge is 2.72. The first kappa shape index (κ1) is 13.2. The van der Waals surface area contributed by atoms with Crippen LogP contribution >= 0.6 is 0 Å². The summed E-state index contributed by atoms with van der Waals surface area (Å²) in [7, 11) is 0. The topological polar surface area (TPSA) is 60.8 Å². The molecule has 2 N–H and O–H groups in total. The van der Waals surface area contributed by atoms with Gasteiger partial charge in [-0.3, -0.25) is 9.69 Å². The van der Waals surface area contributed by atoms with Crippen molar-refractivity contribution in [2.45, 2.75) is 62.7 Å². The molecule has 0 amide bonds. The zero-order valence-electron chi connectivity index (χ0n) is 12.2. The average Bonchev–Trinajstić information content (AvgIpc) is 2.42.